The van der Waals surface area contributed by atoms with Crippen molar-refractivity contribution in [2.45, 2.75) is 39.9 Å². The monoisotopic (exact) mass is 387 g/mol. The van der Waals surface area contributed by atoms with Gasteiger partial charge in [0.2, 0.25) is 0 Å². The van der Waals surface area contributed by atoms with Gasteiger partial charge in [-0.3, -0.25) is 0 Å². The number of hydrogen-bond acceptors (Lipinski definition) is 4. The van der Waals surface area contributed by atoms with Gasteiger partial charge in [-0.15, -0.1) is 5.10 Å². The number of hydrogen-bond donors (Lipinski definition) is 0. The van der Waals surface area contributed by atoms with Crippen molar-refractivity contribution in [3.63, 3.8) is 0 Å². The zero-order chi connectivity index (χ0) is 20.4. The Labute approximate surface area is 170 Å². The van der Waals surface area contributed by atoms with E-state index in [4.69, 9.17) is 9.47 Å². The van der Waals surface area contributed by atoms with E-state index >= 15 is 0 Å². The van der Waals surface area contributed by atoms with Gasteiger partial charge in [0.05, 0.1) is 23.4 Å². The van der Waals surface area contributed by atoms with Gasteiger partial charge in [-0.2, -0.15) is 0 Å². The lowest BCUT2D eigenvalue weighted by molar-refractivity contribution is 0.242. The van der Waals surface area contributed by atoms with E-state index in [0.29, 0.717) is 0 Å². The van der Waals surface area contributed by atoms with Gasteiger partial charge in [0.25, 0.3) is 0 Å². The Kier molecular flexibility index (Phi) is 5.21. The summed E-state index contributed by atoms with van der Waals surface area (Å²) in [6.45, 7) is 8.08. The molecule has 4 rings (SSSR count). The Hall–Kier alpha value is -3.34. The lowest BCUT2D eigenvalue weighted by Crippen LogP contribution is -2.05. The molecule has 0 amide bonds. The van der Waals surface area contributed by atoms with Gasteiger partial charge in [0.15, 0.2) is 0 Å². The molecule has 0 saturated carbocycles. The van der Waals surface area contributed by atoms with Gasteiger partial charge in [0, 0.05) is 0 Å². The zero-order valence-electron chi connectivity index (χ0n) is 17.2. The third kappa shape index (κ3) is 4.24. The van der Waals surface area contributed by atoms with Gasteiger partial charge < -0.3 is 9.47 Å². The van der Waals surface area contributed by atoms with Gasteiger partial charge in [0.1, 0.15) is 17.0 Å². The molecule has 0 aliphatic carbocycles. The number of fused-ring (bicyclic) bond motifs is 1. The summed E-state index contributed by atoms with van der Waals surface area (Å²) in [6.07, 6.45) is 0.308. The van der Waals surface area contributed by atoms with Crippen LogP contribution >= 0.6 is 0 Å². The second kappa shape index (κ2) is 7.95. The van der Waals surface area contributed by atoms with Gasteiger partial charge in [-0.25, -0.2) is 4.68 Å². The molecule has 3 aromatic carbocycles. The van der Waals surface area contributed by atoms with Gasteiger partial charge >= 0.3 is 0 Å². The fourth-order valence-electron chi connectivity index (χ4n) is 3.23. The van der Waals surface area contributed by atoms with Crippen molar-refractivity contribution in [3.8, 4) is 28.3 Å². The zero-order valence-corrected chi connectivity index (χ0v) is 17.2. The highest BCUT2D eigenvalue weighted by Gasteiger charge is 2.09. The van der Waals surface area contributed by atoms with E-state index in [1.807, 2.05) is 74.8 Å². The normalized spacial score (nSPS) is 11.4. The summed E-state index contributed by atoms with van der Waals surface area (Å²) < 4.78 is 13.3. The maximum absolute atomic E-state index is 5.74. The molecule has 148 valence electrons. The molecule has 0 spiro atoms. The second-order valence-corrected chi connectivity index (χ2v) is 7.56. The van der Waals surface area contributed by atoms with Crippen molar-refractivity contribution >= 4 is 11.0 Å². The van der Waals surface area contributed by atoms with Crippen LogP contribution < -0.4 is 9.47 Å². The largest absolute Gasteiger partial charge is 0.491 e. The molecule has 1 heterocycles. The van der Waals surface area contributed by atoms with Crippen molar-refractivity contribution in [1.29, 1.82) is 0 Å². The molecule has 0 fully saturated rings. The van der Waals surface area contributed by atoms with Crippen LogP contribution in [0, 0.1) is 0 Å². The Morgan fingerprint density at radius 1 is 0.690 bits per heavy atom. The Balaban J connectivity index is 1.66. The molecule has 0 N–H and O–H groups in total. The minimum absolute atomic E-state index is 0.146. The van der Waals surface area contributed by atoms with Crippen LogP contribution in [-0.2, 0) is 0 Å². The lowest BCUT2D eigenvalue weighted by Gasteiger charge is -2.11. The first-order chi connectivity index (χ1) is 14.0. The van der Waals surface area contributed by atoms with Crippen molar-refractivity contribution in [1.82, 2.24) is 15.0 Å². The molecular formula is C24H25N3O2. The van der Waals surface area contributed by atoms with E-state index < -0.39 is 0 Å². The number of nitrogens with zero attached hydrogens (tertiary/aromatic N) is 3. The summed E-state index contributed by atoms with van der Waals surface area (Å²) in [5.41, 5.74) is 4.99. The molecule has 0 aliphatic rings. The van der Waals surface area contributed by atoms with Crippen molar-refractivity contribution in [2.24, 2.45) is 0 Å². The average molecular weight is 387 g/mol. The maximum Gasteiger partial charge on any atom is 0.119 e. The molecule has 0 atom stereocenters. The van der Waals surface area contributed by atoms with Crippen LogP contribution in [-0.4, -0.2) is 27.2 Å². The summed E-state index contributed by atoms with van der Waals surface area (Å²) >= 11 is 0. The molecule has 0 saturated heterocycles. The molecule has 5 nitrogen and oxygen atoms in total. The highest BCUT2D eigenvalue weighted by molar-refractivity contribution is 5.82. The van der Waals surface area contributed by atoms with Crippen LogP contribution in [0.5, 0.6) is 11.5 Å². The average Bonchev–Trinajstić information content (AvgIpc) is 3.11. The number of ether oxygens (including phenoxy) is 2. The lowest BCUT2D eigenvalue weighted by atomic mass is 10.0. The maximum atomic E-state index is 5.74. The van der Waals surface area contributed by atoms with E-state index in [1.165, 1.54) is 0 Å². The van der Waals surface area contributed by atoms with E-state index in [2.05, 4.69) is 34.6 Å². The number of benzene rings is 3. The summed E-state index contributed by atoms with van der Waals surface area (Å²) in [4.78, 5) is 0. The molecule has 0 aliphatic heterocycles. The first-order valence-electron chi connectivity index (χ1n) is 9.89. The van der Waals surface area contributed by atoms with Crippen molar-refractivity contribution in [2.75, 3.05) is 0 Å². The minimum atomic E-state index is 0.146. The van der Waals surface area contributed by atoms with Crippen LogP contribution in [0.2, 0.25) is 0 Å². The molecular weight excluding hydrogens is 362 g/mol. The number of aromatic nitrogens is 3. The standard InChI is InChI=1S/C24H25N3O2/c1-16(2)28-21-10-5-18(6-11-21)19-7-14-23-24(15-19)27(26-25-23)20-8-12-22(13-9-20)29-17(3)4/h5-17H,1-4H3. The third-order valence-electron chi connectivity index (χ3n) is 4.46. The molecule has 1 aromatic heterocycles. The Morgan fingerprint density at radius 3 is 1.83 bits per heavy atom. The van der Waals surface area contributed by atoms with Crippen LogP contribution in [0.15, 0.2) is 66.7 Å². The first kappa shape index (κ1) is 19.0. The topological polar surface area (TPSA) is 49.2 Å². The smallest absolute Gasteiger partial charge is 0.119 e. The fraction of sp³-hybridized carbons (Fsp3) is 0.250. The molecule has 29 heavy (non-hydrogen) atoms. The van der Waals surface area contributed by atoms with Gasteiger partial charge in [-0.05, 0) is 87.4 Å². The quantitative estimate of drug-likeness (QED) is 0.428. The summed E-state index contributed by atoms with van der Waals surface area (Å²) in [5.74, 6) is 1.72. The van der Waals surface area contributed by atoms with E-state index in [0.717, 1.165) is 39.3 Å². The van der Waals surface area contributed by atoms with Gasteiger partial charge in [-0.1, -0.05) is 23.4 Å². The fourth-order valence-corrected chi connectivity index (χ4v) is 3.23. The molecule has 4 aromatic rings. The number of rotatable bonds is 6. The Bertz CT molecular complexity index is 1100. The summed E-state index contributed by atoms with van der Waals surface area (Å²) in [7, 11) is 0. The second-order valence-electron chi connectivity index (χ2n) is 7.56. The Morgan fingerprint density at radius 2 is 1.24 bits per heavy atom. The van der Waals surface area contributed by atoms with E-state index in [-0.39, 0.29) is 12.2 Å². The van der Waals surface area contributed by atoms with Crippen LogP contribution in [0.1, 0.15) is 27.7 Å². The van der Waals surface area contributed by atoms with Crippen LogP contribution in [0.3, 0.4) is 0 Å². The third-order valence-corrected chi connectivity index (χ3v) is 4.46. The highest BCUT2D eigenvalue weighted by atomic mass is 16.5. The van der Waals surface area contributed by atoms with Crippen LogP contribution in [0.4, 0.5) is 0 Å². The molecule has 0 radical (unpaired) electrons. The van der Waals surface area contributed by atoms with Crippen molar-refractivity contribution in [3.05, 3.63) is 66.7 Å². The predicted octanol–water partition coefficient (Wildman–Crippen LogP) is 5.66. The minimum Gasteiger partial charge on any atom is -0.491 e. The van der Waals surface area contributed by atoms with E-state index in [1.54, 1.807) is 0 Å². The highest BCUT2D eigenvalue weighted by Crippen LogP contribution is 2.27. The molecule has 0 bridgehead atoms. The molecule has 0 unspecified atom stereocenters. The van der Waals surface area contributed by atoms with Crippen molar-refractivity contribution < 1.29 is 9.47 Å². The predicted molar refractivity (Wildman–Crippen MR) is 116 cm³/mol. The SMILES string of the molecule is CC(C)Oc1ccc(-c2ccc3nnn(-c4ccc(OC(C)C)cc4)c3c2)cc1. The van der Waals surface area contributed by atoms with E-state index in [9.17, 15) is 0 Å². The first-order valence-corrected chi connectivity index (χ1v) is 9.89. The molecule has 5 heteroatoms. The summed E-state index contributed by atoms with van der Waals surface area (Å²) in [5, 5.41) is 8.65. The summed E-state index contributed by atoms with van der Waals surface area (Å²) in [6, 6.07) is 22.3. The van der Waals surface area contributed by atoms with Crippen LogP contribution in [0.25, 0.3) is 27.8 Å².